The van der Waals surface area contributed by atoms with E-state index in [1.54, 1.807) is 18.2 Å². The van der Waals surface area contributed by atoms with E-state index in [0.717, 1.165) is 11.1 Å². The zero-order valence-electron chi connectivity index (χ0n) is 10.0. The van der Waals surface area contributed by atoms with E-state index in [1.807, 2.05) is 24.3 Å². The molecule has 3 rings (SSSR count). The molecule has 0 amide bonds. The highest BCUT2D eigenvalue weighted by Gasteiger charge is 2.28. The number of halogens is 2. The first-order valence-electron chi connectivity index (χ1n) is 6.03. The van der Waals surface area contributed by atoms with Crippen molar-refractivity contribution in [1.29, 1.82) is 0 Å². The fourth-order valence-corrected chi connectivity index (χ4v) is 2.61. The summed E-state index contributed by atoms with van der Waals surface area (Å²) >= 11 is 11.8. The Labute approximate surface area is 121 Å². The van der Waals surface area contributed by atoms with Crippen molar-refractivity contribution >= 4 is 23.2 Å². The fourth-order valence-electron chi connectivity index (χ4n) is 2.30. The maximum absolute atomic E-state index is 10.2. The smallest absolute Gasteiger partial charge is 0.127 e. The Morgan fingerprint density at radius 1 is 1.00 bits per heavy atom. The van der Waals surface area contributed by atoms with E-state index in [4.69, 9.17) is 27.9 Å². The number of rotatable bonds is 1. The number of hydrogen-bond donors (Lipinski definition) is 1. The highest BCUT2D eigenvalue weighted by Crippen LogP contribution is 2.41. The second kappa shape index (κ2) is 5.04. The normalized spacial score (nSPS) is 21.6. The molecule has 2 aromatic carbocycles. The average molecular weight is 295 g/mol. The summed E-state index contributed by atoms with van der Waals surface area (Å²) in [5.41, 5.74) is 1.75. The van der Waals surface area contributed by atoms with Crippen molar-refractivity contribution < 1.29 is 9.84 Å². The van der Waals surface area contributed by atoms with Gasteiger partial charge in [-0.15, -0.1) is 0 Å². The predicted molar refractivity (Wildman–Crippen MR) is 75.8 cm³/mol. The van der Waals surface area contributed by atoms with Gasteiger partial charge >= 0.3 is 0 Å². The molecule has 98 valence electrons. The van der Waals surface area contributed by atoms with Crippen molar-refractivity contribution in [2.45, 2.75) is 18.6 Å². The molecule has 1 heterocycles. The van der Waals surface area contributed by atoms with Crippen LogP contribution in [0.25, 0.3) is 0 Å². The molecule has 1 N–H and O–H groups in total. The van der Waals surface area contributed by atoms with Crippen molar-refractivity contribution in [1.82, 2.24) is 0 Å². The molecule has 0 spiro atoms. The van der Waals surface area contributed by atoms with Crippen LogP contribution in [0.15, 0.2) is 42.5 Å². The van der Waals surface area contributed by atoms with E-state index in [2.05, 4.69) is 0 Å². The van der Waals surface area contributed by atoms with Gasteiger partial charge in [0.25, 0.3) is 0 Å². The van der Waals surface area contributed by atoms with Crippen LogP contribution < -0.4 is 4.74 Å². The molecule has 0 aromatic heterocycles. The topological polar surface area (TPSA) is 29.5 Å². The van der Waals surface area contributed by atoms with Gasteiger partial charge in [-0.25, -0.2) is 0 Å². The Hall–Kier alpha value is -1.22. The molecule has 2 atom stereocenters. The second-order valence-corrected chi connectivity index (χ2v) is 5.46. The van der Waals surface area contributed by atoms with Gasteiger partial charge in [0.05, 0.1) is 6.10 Å². The summed E-state index contributed by atoms with van der Waals surface area (Å²) in [5.74, 6) is 0.683. The van der Waals surface area contributed by atoms with E-state index in [9.17, 15) is 5.11 Å². The van der Waals surface area contributed by atoms with Gasteiger partial charge < -0.3 is 9.84 Å². The van der Waals surface area contributed by atoms with Crippen LogP contribution in [0.4, 0.5) is 0 Å². The number of fused-ring (bicyclic) bond motifs is 1. The lowest BCUT2D eigenvalue weighted by Crippen LogP contribution is -2.18. The molecule has 0 fully saturated rings. The standard InChI is InChI=1S/C15H12Cl2O2/c16-10-3-1-9(2-4-10)15-8-13(18)12-7-11(17)5-6-14(12)19-15/h1-7,13,15,18H,8H2/t13-,15?/m0/s1. The molecule has 2 nitrogen and oxygen atoms in total. The van der Waals surface area contributed by atoms with Gasteiger partial charge in [0.1, 0.15) is 11.9 Å². The SMILES string of the molecule is O[C@H]1CC(c2ccc(Cl)cc2)Oc2ccc(Cl)cc21. The fraction of sp³-hybridized carbons (Fsp3) is 0.200. The molecule has 1 unspecified atom stereocenters. The molecule has 19 heavy (non-hydrogen) atoms. The van der Waals surface area contributed by atoms with Gasteiger partial charge in [-0.3, -0.25) is 0 Å². The van der Waals surface area contributed by atoms with E-state index in [0.29, 0.717) is 22.2 Å². The molecule has 1 aliphatic heterocycles. The van der Waals surface area contributed by atoms with Gasteiger partial charge in [0.15, 0.2) is 0 Å². The van der Waals surface area contributed by atoms with Crippen LogP contribution in [0.3, 0.4) is 0 Å². The van der Waals surface area contributed by atoms with Crippen LogP contribution in [0.1, 0.15) is 29.8 Å². The Balaban J connectivity index is 1.92. The van der Waals surface area contributed by atoms with Gasteiger partial charge in [0, 0.05) is 22.0 Å². The van der Waals surface area contributed by atoms with Crippen LogP contribution in [-0.2, 0) is 0 Å². The summed E-state index contributed by atoms with van der Waals surface area (Å²) in [6.07, 6.45) is -0.223. The molecule has 2 aromatic rings. The zero-order chi connectivity index (χ0) is 13.4. The van der Waals surface area contributed by atoms with E-state index >= 15 is 0 Å². The third-order valence-corrected chi connectivity index (χ3v) is 3.77. The van der Waals surface area contributed by atoms with Crippen molar-refractivity contribution in [2.24, 2.45) is 0 Å². The maximum Gasteiger partial charge on any atom is 0.127 e. The first-order chi connectivity index (χ1) is 9.13. The molecule has 1 aliphatic rings. The summed E-state index contributed by atoms with van der Waals surface area (Å²) in [6, 6.07) is 12.8. The van der Waals surface area contributed by atoms with E-state index < -0.39 is 6.10 Å². The summed E-state index contributed by atoms with van der Waals surface area (Å²) in [7, 11) is 0. The Morgan fingerprint density at radius 2 is 1.68 bits per heavy atom. The summed E-state index contributed by atoms with van der Waals surface area (Å²) in [4.78, 5) is 0. The maximum atomic E-state index is 10.2. The number of aliphatic hydroxyl groups excluding tert-OH is 1. The highest BCUT2D eigenvalue weighted by atomic mass is 35.5. The molecule has 0 saturated heterocycles. The van der Waals surface area contributed by atoms with Gasteiger partial charge in [0.2, 0.25) is 0 Å². The van der Waals surface area contributed by atoms with Crippen LogP contribution in [0.2, 0.25) is 10.0 Å². The predicted octanol–water partition coefficient (Wildman–Crippen LogP) is 4.55. The summed E-state index contributed by atoms with van der Waals surface area (Å²) < 4.78 is 5.92. The molecular weight excluding hydrogens is 283 g/mol. The molecule has 0 aliphatic carbocycles. The minimum atomic E-state index is -0.567. The van der Waals surface area contributed by atoms with Crippen molar-refractivity contribution in [3.05, 3.63) is 63.6 Å². The van der Waals surface area contributed by atoms with Gasteiger partial charge in [-0.2, -0.15) is 0 Å². The first kappa shape index (κ1) is 12.8. The summed E-state index contributed by atoms with van der Waals surface area (Å²) in [5, 5.41) is 11.5. The average Bonchev–Trinajstić information content (AvgIpc) is 2.40. The molecular formula is C15H12Cl2O2. The quantitative estimate of drug-likeness (QED) is 0.836. The lowest BCUT2D eigenvalue weighted by molar-refractivity contribution is 0.0657. The van der Waals surface area contributed by atoms with E-state index in [-0.39, 0.29) is 6.10 Å². The molecule has 4 heteroatoms. The molecule has 0 saturated carbocycles. The monoisotopic (exact) mass is 294 g/mol. The van der Waals surface area contributed by atoms with Gasteiger partial charge in [-0.1, -0.05) is 35.3 Å². The first-order valence-corrected chi connectivity index (χ1v) is 6.79. The number of aliphatic hydroxyl groups is 1. The second-order valence-electron chi connectivity index (χ2n) is 4.59. The largest absolute Gasteiger partial charge is 0.485 e. The zero-order valence-corrected chi connectivity index (χ0v) is 11.5. The molecule has 0 bridgehead atoms. The Morgan fingerprint density at radius 3 is 2.42 bits per heavy atom. The Bertz CT molecular complexity index is 596. The van der Waals surface area contributed by atoms with Crippen LogP contribution in [-0.4, -0.2) is 5.11 Å². The van der Waals surface area contributed by atoms with Crippen molar-refractivity contribution in [2.75, 3.05) is 0 Å². The van der Waals surface area contributed by atoms with Crippen LogP contribution >= 0.6 is 23.2 Å². The van der Waals surface area contributed by atoms with Crippen molar-refractivity contribution in [3.8, 4) is 5.75 Å². The third kappa shape index (κ3) is 2.57. The number of ether oxygens (including phenoxy) is 1. The third-order valence-electron chi connectivity index (χ3n) is 3.28. The van der Waals surface area contributed by atoms with Gasteiger partial charge in [-0.05, 0) is 35.9 Å². The summed E-state index contributed by atoms with van der Waals surface area (Å²) in [6.45, 7) is 0. The minimum absolute atomic E-state index is 0.166. The van der Waals surface area contributed by atoms with Crippen LogP contribution in [0.5, 0.6) is 5.75 Å². The number of benzene rings is 2. The minimum Gasteiger partial charge on any atom is -0.485 e. The number of hydrogen-bond acceptors (Lipinski definition) is 2. The Kier molecular flexibility index (Phi) is 3.40. The molecule has 0 radical (unpaired) electrons. The highest BCUT2D eigenvalue weighted by molar-refractivity contribution is 6.30. The van der Waals surface area contributed by atoms with Crippen LogP contribution in [0, 0.1) is 0 Å². The lowest BCUT2D eigenvalue weighted by atomic mass is 9.95. The van der Waals surface area contributed by atoms with Crippen molar-refractivity contribution in [3.63, 3.8) is 0 Å². The van der Waals surface area contributed by atoms with E-state index in [1.165, 1.54) is 0 Å². The lowest BCUT2D eigenvalue weighted by Gasteiger charge is -2.30.